The Morgan fingerprint density at radius 2 is 1.27 bits per heavy atom. The number of esters is 1. The molecule has 0 aromatic carbocycles. The van der Waals surface area contributed by atoms with Crippen LogP contribution in [0.2, 0.25) is 0 Å². The van der Waals surface area contributed by atoms with E-state index in [1.165, 1.54) is 38.5 Å². The van der Waals surface area contributed by atoms with Crippen molar-refractivity contribution in [2.45, 2.75) is 89.6 Å². The van der Waals surface area contributed by atoms with Gasteiger partial charge in [-0.15, -0.1) is 0 Å². The van der Waals surface area contributed by atoms with Gasteiger partial charge in [-0.2, -0.15) is 0 Å². The third-order valence-corrected chi connectivity index (χ3v) is 4.04. The minimum absolute atomic E-state index is 0. The van der Waals surface area contributed by atoms with Crippen LogP contribution in [-0.2, 0) is 19.1 Å². The molecule has 1 unspecified atom stereocenters. The summed E-state index contributed by atoms with van der Waals surface area (Å²) >= 11 is 0. The zero-order valence-corrected chi connectivity index (χ0v) is 15.2. The Kier molecular flexibility index (Phi) is 17.5. The van der Waals surface area contributed by atoms with Crippen LogP contribution < -0.4 is 0 Å². The van der Waals surface area contributed by atoms with Gasteiger partial charge >= 0.3 is 47.5 Å². The summed E-state index contributed by atoms with van der Waals surface area (Å²) < 4.78 is 4.89. The van der Waals surface area contributed by atoms with Crippen molar-refractivity contribution in [1.29, 1.82) is 0 Å². The molecule has 0 spiro atoms. The number of carboxylic acids is 2. The molecule has 0 aliphatic rings. The molecule has 0 amide bonds. The van der Waals surface area contributed by atoms with Crippen LogP contribution in [0.3, 0.4) is 0 Å². The SMILES string of the molecule is CCCCCCCCCCCCOC(=O)CC(O)(CC(=O)O)C(=O)O.[NaH]. The molecule has 0 heterocycles. The van der Waals surface area contributed by atoms with Crippen LogP contribution in [0.1, 0.15) is 84.0 Å². The molecule has 0 bridgehead atoms. The molecule has 7 nitrogen and oxygen atoms in total. The van der Waals surface area contributed by atoms with Crippen molar-refractivity contribution in [3.05, 3.63) is 0 Å². The monoisotopic (exact) mass is 384 g/mol. The molecule has 148 valence electrons. The van der Waals surface area contributed by atoms with Crippen molar-refractivity contribution >= 4 is 47.5 Å². The molecular formula is C18H33NaO7. The van der Waals surface area contributed by atoms with Crippen molar-refractivity contribution in [3.8, 4) is 0 Å². The number of aliphatic carboxylic acids is 2. The summed E-state index contributed by atoms with van der Waals surface area (Å²) in [6, 6.07) is 0. The predicted molar refractivity (Wildman–Crippen MR) is 99.4 cm³/mol. The summed E-state index contributed by atoms with van der Waals surface area (Å²) in [6.45, 7) is 2.35. The molecule has 1 atom stereocenters. The Morgan fingerprint density at radius 3 is 1.69 bits per heavy atom. The van der Waals surface area contributed by atoms with Crippen LogP contribution in [0.5, 0.6) is 0 Å². The van der Waals surface area contributed by atoms with Gasteiger partial charge in [-0.25, -0.2) is 4.79 Å². The van der Waals surface area contributed by atoms with Crippen LogP contribution >= 0.6 is 0 Å². The number of unbranched alkanes of at least 4 members (excludes halogenated alkanes) is 9. The number of carbonyl (C=O) groups excluding carboxylic acids is 1. The predicted octanol–water partition coefficient (Wildman–Crippen LogP) is 2.48. The van der Waals surface area contributed by atoms with Gasteiger partial charge < -0.3 is 20.1 Å². The van der Waals surface area contributed by atoms with Gasteiger partial charge in [-0.05, 0) is 6.42 Å². The van der Waals surface area contributed by atoms with Crippen molar-refractivity contribution in [3.63, 3.8) is 0 Å². The van der Waals surface area contributed by atoms with Crippen LogP contribution in [0.4, 0.5) is 0 Å². The topological polar surface area (TPSA) is 121 Å². The Balaban J connectivity index is 0. The second kappa shape index (κ2) is 16.5. The molecule has 0 saturated carbocycles. The molecule has 0 aliphatic carbocycles. The summed E-state index contributed by atoms with van der Waals surface area (Å²) in [7, 11) is 0. The van der Waals surface area contributed by atoms with E-state index in [2.05, 4.69) is 6.92 Å². The number of hydrogen-bond donors (Lipinski definition) is 3. The normalized spacial score (nSPS) is 12.7. The maximum absolute atomic E-state index is 11.6. The third-order valence-electron chi connectivity index (χ3n) is 4.04. The average Bonchev–Trinajstić information content (AvgIpc) is 2.51. The quantitative estimate of drug-likeness (QED) is 0.212. The Bertz CT molecular complexity index is 414. The van der Waals surface area contributed by atoms with Crippen LogP contribution in [0.15, 0.2) is 0 Å². The summed E-state index contributed by atoms with van der Waals surface area (Å²) in [5.41, 5.74) is -2.62. The number of ether oxygens (including phenoxy) is 1. The van der Waals surface area contributed by atoms with Gasteiger partial charge in [0.25, 0.3) is 0 Å². The molecule has 3 N–H and O–H groups in total. The zero-order valence-electron chi connectivity index (χ0n) is 15.2. The molecule has 26 heavy (non-hydrogen) atoms. The molecule has 8 heteroatoms. The zero-order chi connectivity index (χ0) is 19.1. The number of rotatable bonds is 16. The fourth-order valence-corrected chi connectivity index (χ4v) is 2.53. The number of carbonyl (C=O) groups is 3. The van der Waals surface area contributed by atoms with Crippen molar-refractivity contribution in [2.24, 2.45) is 0 Å². The molecular weight excluding hydrogens is 351 g/mol. The van der Waals surface area contributed by atoms with Crippen LogP contribution in [0, 0.1) is 0 Å². The third kappa shape index (κ3) is 14.5. The van der Waals surface area contributed by atoms with Crippen molar-refractivity contribution in [1.82, 2.24) is 0 Å². The Hall–Kier alpha value is -0.630. The molecule has 0 radical (unpaired) electrons. The molecule has 0 rings (SSSR count). The first kappa shape index (κ1) is 27.6. The fourth-order valence-electron chi connectivity index (χ4n) is 2.53. The Labute approximate surface area is 177 Å². The van der Waals surface area contributed by atoms with Gasteiger partial charge in [0.1, 0.15) is 0 Å². The van der Waals surface area contributed by atoms with Gasteiger partial charge in [0.2, 0.25) is 0 Å². The van der Waals surface area contributed by atoms with E-state index < -0.39 is 36.4 Å². The van der Waals surface area contributed by atoms with E-state index in [1.807, 2.05) is 0 Å². The Morgan fingerprint density at radius 1 is 0.808 bits per heavy atom. The first-order valence-corrected chi connectivity index (χ1v) is 9.15. The van der Waals surface area contributed by atoms with Gasteiger partial charge in [0.15, 0.2) is 5.60 Å². The van der Waals surface area contributed by atoms with E-state index >= 15 is 0 Å². The summed E-state index contributed by atoms with van der Waals surface area (Å²) in [6.07, 6.45) is 9.49. The molecule has 0 fully saturated rings. The molecule has 0 saturated heterocycles. The molecule has 0 aromatic heterocycles. The minimum atomic E-state index is -2.62. The van der Waals surface area contributed by atoms with E-state index in [0.29, 0.717) is 6.42 Å². The first-order valence-electron chi connectivity index (χ1n) is 9.15. The number of hydrogen-bond acceptors (Lipinski definition) is 5. The maximum atomic E-state index is 11.6. The molecule has 0 aliphatic heterocycles. The summed E-state index contributed by atoms with van der Waals surface area (Å²) in [5, 5.41) is 27.2. The van der Waals surface area contributed by atoms with Gasteiger partial charge in [0, 0.05) is 0 Å². The number of aliphatic hydroxyl groups is 1. The average molecular weight is 384 g/mol. The molecule has 0 aromatic rings. The van der Waals surface area contributed by atoms with E-state index in [9.17, 15) is 19.5 Å². The standard InChI is InChI=1S/C18H32O7.Na.H/c1-2-3-4-5-6-7-8-9-10-11-12-25-16(21)14-18(24,17(22)23)13-15(19)20;;/h24H,2-14H2,1H3,(H,19,20)(H,22,23);;. The summed E-state index contributed by atoms with van der Waals surface area (Å²) in [4.78, 5) is 33.1. The van der Waals surface area contributed by atoms with Crippen molar-refractivity contribution < 1.29 is 34.4 Å². The van der Waals surface area contributed by atoms with E-state index in [0.717, 1.165) is 19.3 Å². The van der Waals surface area contributed by atoms with Gasteiger partial charge in [0.05, 0.1) is 19.4 Å². The second-order valence-corrected chi connectivity index (χ2v) is 6.49. The van der Waals surface area contributed by atoms with E-state index in [1.54, 1.807) is 0 Å². The second-order valence-electron chi connectivity index (χ2n) is 6.49. The van der Waals surface area contributed by atoms with Crippen LogP contribution in [-0.4, -0.2) is 75.0 Å². The van der Waals surface area contributed by atoms with Crippen molar-refractivity contribution in [2.75, 3.05) is 6.61 Å². The van der Waals surface area contributed by atoms with E-state index in [-0.39, 0.29) is 36.2 Å². The van der Waals surface area contributed by atoms with Gasteiger partial charge in [-0.1, -0.05) is 64.7 Å². The van der Waals surface area contributed by atoms with E-state index in [4.69, 9.17) is 14.9 Å². The first-order chi connectivity index (χ1) is 11.8. The van der Waals surface area contributed by atoms with Gasteiger partial charge in [-0.3, -0.25) is 9.59 Å². The number of carboxylic acid groups (broad SMARTS) is 2. The van der Waals surface area contributed by atoms with Crippen LogP contribution in [0.25, 0.3) is 0 Å². The fraction of sp³-hybridized carbons (Fsp3) is 0.833. The summed E-state index contributed by atoms with van der Waals surface area (Å²) in [5.74, 6) is -4.14.